The SMILES string of the molecule is CNCCCC[C@H](NCC(=O)[C@@H](N)Cc1ccc(O)cc1)C(=O)CN[C@@H](CO)C(N)=O. The van der Waals surface area contributed by atoms with Crippen LogP contribution in [0.3, 0.4) is 0 Å². The van der Waals surface area contributed by atoms with Crippen LogP contribution in [0.5, 0.6) is 5.75 Å². The van der Waals surface area contributed by atoms with E-state index in [4.69, 9.17) is 16.6 Å². The average Bonchev–Trinajstić information content (AvgIpc) is 2.74. The first-order chi connectivity index (χ1) is 14.8. The summed E-state index contributed by atoms with van der Waals surface area (Å²) >= 11 is 0. The number of rotatable bonds is 17. The van der Waals surface area contributed by atoms with Gasteiger partial charge in [0.05, 0.1) is 31.8 Å². The minimum absolute atomic E-state index is 0.0685. The van der Waals surface area contributed by atoms with Crippen LogP contribution >= 0.6 is 0 Å². The molecular formula is C21H35N5O5. The molecule has 3 atom stereocenters. The van der Waals surface area contributed by atoms with Crippen LogP contribution in [0.1, 0.15) is 24.8 Å². The molecule has 0 bridgehead atoms. The molecule has 31 heavy (non-hydrogen) atoms. The monoisotopic (exact) mass is 437 g/mol. The maximum atomic E-state index is 12.6. The molecule has 9 N–H and O–H groups in total. The first kappa shape index (κ1) is 26.7. The minimum Gasteiger partial charge on any atom is -0.508 e. The molecule has 0 saturated heterocycles. The number of aromatic hydroxyl groups is 1. The number of carbonyl (C=O) groups is 3. The van der Waals surface area contributed by atoms with Gasteiger partial charge in [0.2, 0.25) is 5.91 Å². The number of nitrogens with two attached hydrogens (primary N) is 2. The Hall–Kier alpha value is -2.37. The second kappa shape index (κ2) is 14.6. The van der Waals surface area contributed by atoms with Crippen molar-refractivity contribution in [1.29, 1.82) is 0 Å². The lowest BCUT2D eigenvalue weighted by atomic mass is 10.0. The number of amides is 1. The molecule has 10 heteroatoms. The maximum absolute atomic E-state index is 12.6. The Balaban J connectivity index is 2.61. The molecule has 0 heterocycles. The topological polar surface area (TPSA) is 180 Å². The predicted octanol–water partition coefficient (Wildman–Crippen LogP) is -1.82. The molecule has 1 aromatic carbocycles. The van der Waals surface area contributed by atoms with Gasteiger partial charge >= 0.3 is 0 Å². The first-order valence-corrected chi connectivity index (χ1v) is 10.4. The van der Waals surface area contributed by atoms with E-state index in [1.54, 1.807) is 12.1 Å². The van der Waals surface area contributed by atoms with Crippen molar-refractivity contribution in [2.45, 2.75) is 43.8 Å². The number of unbranched alkanes of at least 4 members (excludes halogenated alkanes) is 1. The Morgan fingerprint density at radius 2 is 1.61 bits per heavy atom. The fourth-order valence-electron chi connectivity index (χ4n) is 2.98. The van der Waals surface area contributed by atoms with E-state index >= 15 is 0 Å². The summed E-state index contributed by atoms with van der Waals surface area (Å²) in [6, 6.07) is 4.12. The van der Waals surface area contributed by atoms with Gasteiger partial charge in [-0.1, -0.05) is 18.6 Å². The molecule has 0 aliphatic carbocycles. The van der Waals surface area contributed by atoms with E-state index in [1.807, 2.05) is 7.05 Å². The van der Waals surface area contributed by atoms with Crippen molar-refractivity contribution in [2.24, 2.45) is 11.5 Å². The molecule has 0 fully saturated rings. The minimum atomic E-state index is -1.01. The number of phenols is 1. The fraction of sp³-hybridized carbons (Fsp3) is 0.571. The van der Waals surface area contributed by atoms with Gasteiger partial charge in [0.15, 0.2) is 11.6 Å². The van der Waals surface area contributed by atoms with Crippen LogP contribution in [-0.4, -0.2) is 79.1 Å². The van der Waals surface area contributed by atoms with Crippen LogP contribution in [0.15, 0.2) is 24.3 Å². The number of primary amides is 1. The van der Waals surface area contributed by atoms with E-state index in [-0.39, 0.29) is 30.4 Å². The fourth-order valence-corrected chi connectivity index (χ4v) is 2.98. The Labute approximate surface area is 182 Å². The van der Waals surface area contributed by atoms with Crippen molar-refractivity contribution in [2.75, 3.05) is 33.3 Å². The molecule has 0 aliphatic heterocycles. The number of phenolic OH excluding ortho intramolecular Hbond substituents is 1. The maximum Gasteiger partial charge on any atom is 0.236 e. The zero-order valence-electron chi connectivity index (χ0n) is 18.0. The highest BCUT2D eigenvalue weighted by atomic mass is 16.3. The highest BCUT2D eigenvalue weighted by Gasteiger charge is 2.22. The van der Waals surface area contributed by atoms with Crippen LogP contribution in [0.2, 0.25) is 0 Å². The van der Waals surface area contributed by atoms with Crippen LogP contribution in [-0.2, 0) is 20.8 Å². The van der Waals surface area contributed by atoms with E-state index in [0.717, 1.165) is 24.9 Å². The number of Topliss-reactive ketones (excluding diaryl/α,β-unsaturated/α-hetero) is 2. The molecular weight excluding hydrogens is 402 g/mol. The molecule has 1 aromatic rings. The summed E-state index contributed by atoms with van der Waals surface area (Å²) in [6.45, 7) is 0.0733. The van der Waals surface area contributed by atoms with E-state index in [2.05, 4.69) is 16.0 Å². The van der Waals surface area contributed by atoms with Crippen molar-refractivity contribution in [3.05, 3.63) is 29.8 Å². The molecule has 0 spiro atoms. The van der Waals surface area contributed by atoms with Crippen LogP contribution in [0, 0.1) is 0 Å². The third-order valence-corrected chi connectivity index (χ3v) is 4.94. The second-order valence-corrected chi connectivity index (χ2v) is 7.46. The van der Waals surface area contributed by atoms with Crippen molar-refractivity contribution in [1.82, 2.24) is 16.0 Å². The third kappa shape index (κ3) is 10.5. The molecule has 1 amide bonds. The Kier molecular flexibility index (Phi) is 12.6. The van der Waals surface area contributed by atoms with E-state index in [1.165, 1.54) is 12.1 Å². The zero-order valence-corrected chi connectivity index (χ0v) is 18.0. The van der Waals surface area contributed by atoms with Crippen molar-refractivity contribution >= 4 is 17.5 Å². The number of ketones is 2. The molecule has 0 aliphatic rings. The zero-order chi connectivity index (χ0) is 23.2. The molecule has 0 radical (unpaired) electrons. The summed E-state index contributed by atoms with van der Waals surface area (Å²) < 4.78 is 0. The molecule has 10 nitrogen and oxygen atoms in total. The summed E-state index contributed by atoms with van der Waals surface area (Å²) in [5.74, 6) is -1.08. The highest BCUT2D eigenvalue weighted by Crippen LogP contribution is 2.11. The molecule has 174 valence electrons. The van der Waals surface area contributed by atoms with Crippen molar-refractivity contribution in [3.63, 3.8) is 0 Å². The molecule has 0 unspecified atom stereocenters. The second-order valence-electron chi connectivity index (χ2n) is 7.46. The van der Waals surface area contributed by atoms with Crippen LogP contribution in [0.25, 0.3) is 0 Å². The third-order valence-electron chi connectivity index (χ3n) is 4.94. The molecule has 0 aromatic heterocycles. The van der Waals surface area contributed by atoms with Gasteiger partial charge in [-0.2, -0.15) is 0 Å². The van der Waals surface area contributed by atoms with E-state index in [0.29, 0.717) is 12.8 Å². The Bertz CT molecular complexity index is 698. The predicted molar refractivity (Wildman–Crippen MR) is 117 cm³/mol. The highest BCUT2D eigenvalue weighted by molar-refractivity contribution is 5.89. The van der Waals surface area contributed by atoms with E-state index in [9.17, 15) is 19.5 Å². The lowest BCUT2D eigenvalue weighted by Gasteiger charge is -2.20. The van der Waals surface area contributed by atoms with Gasteiger partial charge in [0, 0.05) is 0 Å². The number of hydrogen-bond acceptors (Lipinski definition) is 9. The van der Waals surface area contributed by atoms with Crippen LogP contribution in [0.4, 0.5) is 0 Å². The van der Waals surface area contributed by atoms with Gasteiger partial charge in [0.1, 0.15) is 11.8 Å². The lowest BCUT2D eigenvalue weighted by molar-refractivity contribution is -0.122. The van der Waals surface area contributed by atoms with E-state index < -0.39 is 30.6 Å². The number of aliphatic hydroxyl groups excluding tert-OH is 1. The Morgan fingerprint density at radius 1 is 1.00 bits per heavy atom. The quantitative estimate of drug-likeness (QED) is 0.138. The number of benzene rings is 1. The standard InChI is InChI=1S/C21H35N5O5/c1-24-9-3-2-4-17(20(30)12-26-18(13-27)21(23)31)25-11-19(29)16(22)10-14-5-7-15(28)8-6-14/h5-8,16-18,24-28H,2-4,9-13,22H2,1H3,(H2,23,31)/t16-,17-,18-/m0/s1. The smallest absolute Gasteiger partial charge is 0.236 e. The summed E-state index contributed by atoms with van der Waals surface area (Å²) in [6.07, 6.45) is 2.46. The number of nitrogens with one attached hydrogen (secondary N) is 3. The van der Waals surface area contributed by atoms with Gasteiger partial charge in [-0.3, -0.25) is 19.7 Å². The number of carbonyl (C=O) groups excluding carboxylic acids is 3. The summed E-state index contributed by atoms with van der Waals surface area (Å²) in [4.78, 5) is 36.3. The van der Waals surface area contributed by atoms with Gasteiger partial charge in [0.25, 0.3) is 0 Å². The van der Waals surface area contributed by atoms with Gasteiger partial charge in [-0.25, -0.2) is 0 Å². The van der Waals surface area contributed by atoms with Gasteiger partial charge in [-0.05, 0) is 50.6 Å². The summed E-state index contributed by atoms with van der Waals surface area (Å²) in [5, 5.41) is 27.2. The van der Waals surface area contributed by atoms with Gasteiger partial charge < -0.3 is 32.3 Å². The van der Waals surface area contributed by atoms with Crippen molar-refractivity contribution < 1.29 is 24.6 Å². The summed E-state index contributed by atoms with van der Waals surface area (Å²) in [5.41, 5.74) is 12.0. The normalized spacial score (nSPS) is 14.0. The molecule has 1 rings (SSSR count). The number of aliphatic hydroxyl groups is 1. The summed E-state index contributed by atoms with van der Waals surface area (Å²) in [7, 11) is 1.85. The Morgan fingerprint density at radius 3 is 2.19 bits per heavy atom. The van der Waals surface area contributed by atoms with Gasteiger partial charge in [-0.15, -0.1) is 0 Å². The molecule has 0 saturated carbocycles. The largest absolute Gasteiger partial charge is 0.508 e. The van der Waals surface area contributed by atoms with Crippen LogP contribution < -0.4 is 27.4 Å². The average molecular weight is 438 g/mol. The number of hydrogen-bond donors (Lipinski definition) is 7. The first-order valence-electron chi connectivity index (χ1n) is 10.4. The van der Waals surface area contributed by atoms with Crippen molar-refractivity contribution in [3.8, 4) is 5.75 Å². The lowest BCUT2D eigenvalue weighted by Crippen LogP contribution is -2.50.